The second kappa shape index (κ2) is 3.22. The summed E-state index contributed by atoms with van der Waals surface area (Å²) in [7, 11) is 0. The van der Waals surface area contributed by atoms with Crippen LogP contribution < -0.4 is 0 Å². The number of alkyl halides is 1. The lowest BCUT2D eigenvalue weighted by atomic mass is 9.79. The molecule has 0 amide bonds. The maximum atomic E-state index is 13.2. The minimum atomic E-state index is -0.936. The van der Waals surface area contributed by atoms with Crippen LogP contribution in [-0.4, -0.2) is 24.7 Å². The van der Waals surface area contributed by atoms with Gasteiger partial charge in [0.2, 0.25) is 0 Å². The van der Waals surface area contributed by atoms with Crippen LogP contribution in [-0.2, 0) is 9.53 Å². The molecule has 1 heterocycles. The normalized spacial score (nSPS) is 40.2. The third kappa shape index (κ3) is 1.66. The Morgan fingerprint density at radius 2 is 2.23 bits per heavy atom. The van der Waals surface area contributed by atoms with E-state index in [1.807, 2.05) is 0 Å². The molecule has 2 aliphatic rings. The fourth-order valence-electron chi connectivity index (χ4n) is 2.12. The van der Waals surface area contributed by atoms with Gasteiger partial charge in [0.1, 0.15) is 12.8 Å². The second-order valence-electron chi connectivity index (χ2n) is 3.92. The molecule has 72 valence electrons. The van der Waals surface area contributed by atoms with Crippen molar-refractivity contribution in [3.05, 3.63) is 12.2 Å². The number of hydrogen-bond acceptors (Lipinski definition) is 2. The molecule has 13 heavy (non-hydrogen) atoms. The summed E-state index contributed by atoms with van der Waals surface area (Å²) in [4.78, 5) is 11.1. The molecule has 0 radical (unpaired) electrons. The zero-order chi connectivity index (χ0) is 9.42. The number of rotatable bonds is 0. The molecule has 1 saturated heterocycles. The van der Waals surface area contributed by atoms with E-state index >= 15 is 0 Å². The van der Waals surface area contributed by atoms with Crippen molar-refractivity contribution < 1.29 is 13.9 Å². The zero-order valence-corrected chi connectivity index (χ0v) is 7.46. The highest BCUT2D eigenvalue weighted by Gasteiger charge is 2.37. The number of Topliss-reactive ketones (excluding diaryl/α,β-unsaturated/α-hetero) is 1. The molecular weight excluding hydrogens is 171 g/mol. The minimum Gasteiger partial charge on any atom is -0.370 e. The largest absolute Gasteiger partial charge is 0.370 e. The van der Waals surface area contributed by atoms with Crippen molar-refractivity contribution in [1.29, 1.82) is 0 Å². The van der Waals surface area contributed by atoms with Crippen molar-refractivity contribution in [2.24, 2.45) is 5.92 Å². The number of allylic oxidation sites excluding steroid dienone is 1. The summed E-state index contributed by atoms with van der Waals surface area (Å²) >= 11 is 0. The Morgan fingerprint density at radius 1 is 1.46 bits per heavy atom. The third-order valence-corrected chi connectivity index (χ3v) is 2.88. The number of carbonyl (C=O) groups excluding carboxylic acids is 1. The number of fused-ring (bicyclic) bond motifs is 1. The van der Waals surface area contributed by atoms with Crippen molar-refractivity contribution in [3.63, 3.8) is 0 Å². The molecule has 1 aliphatic heterocycles. The SMILES string of the molecule is C=C1CC2CC(=O)COC2CC1F. The summed E-state index contributed by atoms with van der Waals surface area (Å²) < 4.78 is 18.5. The highest BCUT2D eigenvalue weighted by Crippen LogP contribution is 2.36. The predicted molar refractivity (Wildman–Crippen MR) is 46.1 cm³/mol. The van der Waals surface area contributed by atoms with Gasteiger partial charge in [-0.05, 0) is 17.9 Å². The molecule has 1 aliphatic carbocycles. The zero-order valence-electron chi connectivity index (χ0n) is 7.46. The van der Waals surface area contributed by atoms with Gasteiger partial charge in [-0.15, -0.1) is 0 Å². The summed E-state index contributed by atoms with van der Waals surface area (Å²) in [6.45, 7) is 3.84. The first kappa shape index (κ1) is 8.88. The van der Waals surface area contributed by atoms with Gasteiger partial charge in [-0.25, -0.2) is 4.39 Å². The Kier molecular flexibility index (Phi) is 2.20. The van der Waals surface area contributed by atoms with E-state index in [4.69, 9.17) is 4.74 Å². The van der Waals surface area contributed by atoms with Gasteiger partial charge in [-0.3, -0.25) is 4.79 Å². The fraction of sp³-hybridized carbons (Fsp3) is 0.700. The first-order chi connectivity index (χ1) is 6.16. The molecular formula is C10H13FO2. The summed E-state index contributed by atoms with van der Waals surface area (Å²) in [6, 6.07) is 0. The van der Waals surface area contributed by atoms with Gasteiger partial charge >= 0.3 is 0 Å². The van der Waals surface area contributed by atoms with Gasteiger partial charge in [0, 0.05) is 12.8 Å². The summed E-state index contributed by atoms with van der Waals surface area (Å²) in [5, 5.41) is 0. The van der Waals surface area contributed by atoms with Crippen molar-refractivity contribution in [2.75, 3.05) is 6.61 Å². The Balaban J connectivity index is 2.06. The lowest BCUT2D eigenvalue weighted by Gasteiger charge is -2.37. The van der Waals surface area contributed by atoms with E-state index in [0.29, 0.717) is 24.8 Å². The van der Waals surface area contributed by atoms with Gasteiger partial charge in [0.05, 0.1) is 6.10 Å². The molecule has 0 spiro atoms. The van der Waals surface area contributed by atoms with Crippen LogP contribution in [0.25, 0.3) is 0 Å². The van der Waals surface area contributed by atoms with Crippen LogP contribution in [0.15, 0.2) is 12.2 Å². The van der Waals surface area contributed by atoms with Crippen molar-refractivity contribution in [3.8, 4) is 0 Å². The molecule has 0 N–H and O–H groups in total. The summed E-state index contributed by atoms with van der Waals surface area (Å²) in [5.41, 5.74) is 0.625. The Hall–Kier alpha value is -0.700. The van der Waals surface area contributed by atoms with Gasteiger partial charge in [0.25, 0.3) is 0 Å². The molecule has 2 rings (SSSR count). The standard InChI is InChI=1S/C10H13FO2/c1-6-2-7-3-8(12)5-13-10(7)4-9(6)11/h7,9-10H,1-5H2. The summed E-state index contributed by atoms with van der Waals surface area (Å²) in [6.07, 6.45) is 0.540. The maximum Gasteiger partial charge on any atom is 0.158 e. The van der Waals surface area contributed by atoms with Gasteiger partial charge in [-0.2, -0.15) is 0 Å². The molecule has 2 nitrogen and oxygen atoms in total. The first-order valence-corrected chi connectivity index (χ1v) is 4.62. The van der Waals surface area contributed by atoms with E-state index in [-0.39, 0.29) is 24.4 Å². The number of ether oxygens (including phenoxy) is 1. The van der Waals surface area contributed by atoms with E-state index in [1.54, 1.807) is 0 Å². The fourth-order valence-corrected chi connectivity index (χ4v) is 2.12. The quantitative estimate of drug-likeness (QED) is 0.535. The molecule has 0 aromatic carbocycles. The topological polar surface area (TPSA) is 26.3 Å². The first-order valence-electron chi connectivity index (χ1n) is 4.62. The van der Waals surface area contributed by atoms with Crippen molar-refractivity contribution >= 4 is 5.78 Å². The molecule has 2 fully saturated rings. The van der Waals surface area contributed by atoms with Crippen LogP contribution in [0.2, 0.25) is 0 Å². The van der Waals surface area contributed by atoms with Gasteiger partial charge in [-0.1, -0.05) is 6.58 Å². The molecule has 1 saturated carbocycles. The van der Waals surface area contributed by atoms with Crippen LogP contribution >= 0.6 is 0 Å². The average molecular weight is 184 g/mol. The Morgan fingerprint density at radius 3 is 3.00 bits per heavy atom. The molecule has 3 heteroatoms. The van der Waals surface area contributed by atoms with Crippen molar-refractivity contribution in [1.82, 2.24) is 0 Å². The van der Waals surface area contributed by atoms with Crippen LogP contribution in [0.3, 0.4) is 0 Å². The second-order valence-corrected chi connectivity index (χ2v) is 3.92. The molecule has 0 bridgehead atoms. The minimum absolute atomic E-state index is 0.0572. The molecule has 0 aromatic rings. The Labute approximate surface area is 76.8 Å². The van der Waals surface area contributed by atoms with Crippen LogP contribution in [0.5, 0.6) is 0 Å². The van der Waals surface area contributed by atoms with E-state index in [1.165, 1.54) is 0 Å². The van der Waals surface area contributed by atoms with E-state index in [0.717, 1.165) is 0 Å². The summed E-state index contributed by atoms with van der Waals surface area (Å²) in [5.74, 6) is 0.312. The average Bonchev–Trinajstić information content (AvgIpc) is 2.08. The van der Waals surface area contributed by atoms with Gasteiger partial charge < -0.3 is 4.74 Å². The number of halogens is 1. The highest BCUT2D eigenvalue weighted by molar-refractivity contribution is 5.80. The van der Waals surface area contributed by atoms with E-state index in [2.05, 4.69) is 6.58 Å². The number of carbonyl (C=O) groups is 1. The van der Waals surface area contributed by atoms with Gasteiger partial charge in [0.15, 0.2) is 5.78 Å². The van der Waals surface area contributed by atoms with Crippen LogP contribution in [0.4, 0.5) is 4.39 Å². The third-order valence-electron chi connectivity index (χ3n) is 2.88. The van der Waals surface area contributed by atoms with E-state index in [9.17, 15) is 9.18 Å². The lowest BCUT2D eigenvalue weighted by Crippen LogP contribution is -2.40. The number of ketones is 1. The lowest BCUT2D eigenvalue weighted by molar-refractivity contribution is -0.138. The van der Waals surface area contributed by atoms with Crippen LogP contribution in [0, 0.1) is 5.92 Å². The molecule has 3 atom stereocenters. The molecule has 0 aromatic heterocycles. The monoisotopic (exact) mass is 184 g/mol. The van der Waals surface area contributed by atoms with Crippen LogP contribution in [0.1, 0.15) is 19.3 Å². The highest BCUT2D eigenvalue weighted by atomic mass is 19.1. The smallest absolute Gasteiger partial charge is 0.158 e. The maximum absolute atomic E-state index is 13.2. The Bertz CT molecular complexity index is 249. The molecule has 3 unspecified atom stereocenters. The number of hydrogen-bond donors (Lipinski definition) is 0. The van der Waals surface area contributed by atoms with E-state index < -0.39 is 6.17 Å². The predicted octanol–water partition coefficient (Wildman–Crippen LogP) is 1.65. The van der Waals surface area contributed by atoms with Crippen molar-refractivity contribution in [2.45, 2.75) is 31.5 Å².